The van der Waals surface area contributed by atoms with Crippen LogP contribution in [-0.4, -0.2) is 41.6 Å². The van der Waals surface area contributed by atoms with Gasteiger partial charge in [0, 0.05) is 37.3 Å². The van der Waals surface area contributed by atoms with Gasteiger partial charge in [-0.3, -0.25) is 9.98 Å². The predicted molar refractivity (Wildman–Crippen MR) is 103 cm³/mol. The summed E-state index contributed by atoms with van der Waals surface area (Å²) in [5.74, 6) is 2.17. The fraction of sp³-hybridized carbons (Fsp3) is 0.600. The zero-order chi connectivity index (χ0) is 14.3. The Morgan fingerprint density at radius 3 is 2.95 bits per heavy atom. The van der Waals surface area contributed by atoms with Crippen molar-refractivity contribution in [1.82, 2.24) is 15.6 Å². The van der Waals surface area contributed by atoms with Crippen molar-refractivity contribution in [3.05, 3.63) is 30.1 Å². The van der Waals surface area contributed by atoms with Gasteiger partial charge in [0.15, 0.2) is 5.96 Å². The SMILES string of the molecule is CN=C(NCCc1cccnc1)NCC1(C)CCCS1.I. The third kappa shape index (κ3) is 6.42. The van der Waals surface area contributed by atoms with Crippen molar-refractivity contribution in [3.63, 3.8) is 0 Å². The fourth-order valence-corrected chi connectivity index (χ4v) is 3.58. The van der Waals surface area contributed by atoms with Crippen LogP contribution in [0.15, 0.2) is 29.5 Å². The molecule has 21 heavy (non-hydrogen) atoms. The lowest BCUT2D eigenvalue weighted by Gasteiger charge is -2.24. The molecule has 0 radical (unpaired) electrons. The van der Waals surface area contributed by atoms with E-state index in [1.54, 1.807) is 6.20 Å². The van der Waals surface area contributed by atoms with Gasteiger partial charge in [-0.1, -0.05) is 6.07 Å². The van der Waals surface area contributed by atoms with Gasteiger partial charge in [-0.25, -0.2) is 0 Å². The maximum absolute atomic E-state index is 4.28. The molecule has 0 aromatic carbocycles. The number of thioether (sulfide) groups is 1. The Labute approximate surface area is 149 Å². The summed E-state index contributed by atoms with van der Waals surface area (Å²) in [5.41, 5.74) is 1.24. The molecule has 0 spiro atoms. The number of aromatic nitrogens is 1. The molecule has 6 heteroatoms. The minimum atomic E-state index is 0. The van der Waals surface area contributed by atoms with Crippen molar-refractivity contribution >= 4 is 41.7 Å². The third-order valence-electron chi connectivity index (χ3n) is 3.58. The van der Waals surface area contributed by atoms with Gasteiger partial charge in [-0.05, 0) is 43.6 Å². The van der Waals surface area contributed by atoms with Crippen LogP contribution in [0.5, 0.6) is 0 Å². The lowest BCUT2D eigenvalue weighted by molar-refractivity contribution is 0.584. The highest BCUT2D eigenvalue weighted by Crippen LogP contribution is 2.36. The average molecular weight is 420 g/mol. The molecule has 118 valence electrons. The van der Waals surface area contributed by atoms with E-state index < -0.39 is 0 Å². The molecule has 1 fully saturated rings. The summed E-state index contributed by atoms with van der Waals surface area (Å²) in [6, 6.07) is 4.07. The van der Waals surface area contributed by atoms with E-state index in [1.807, 2.05) is 19.3 Å². The first kappa shape index (κ1) is 18.5. The molecule has 2 heterocycles. The van der Waals surface area contributed by atoms with E-state index in [0.29, 0.717) is 4.75 Å². The Hall–Kier alpha value is -0.500. The average Bonchev–Trinajstić information content (AvgIpc) is 2.91. The maximum Gasteiger partial charge on any atom is 0.191 e. The largest absolute Gasteiger partial charge is 0.356 e. The van der Waals surface area contributed by atoms with E-state index in [4.69, 9.17) is 0 Å². The van der Waals surface area contributed by atoms with Gasteiger partial charge in [0.1, 0.15) is 0 Å². The molecule has 1 aliphatic heterocycles. The zero-order valence-electron chi connectivity index (χ0n) is 12.8. The molecule has 4 nitrogen and oxygen atoms in total. The summed E-state index contributed by atoms with van der Waals surface area (Å²) in [6.07, 6.45) is 7.29. The van der Waals surface area contributed by atoms with Crippen LogP contribution in [0.3, 0.4) is 0 Å². The molecule has 1 atom stereocenters. The van der Waals surface area contributed by atoms with Gasteiger partial charge in [0.25, 0.3) is 0 Å². The molecule has 1 saturated heterocycles. The van der Waals surface area contributed by atoms with Crippen LogP contribution in [0.2, 0.25) is 0 Å². The van der Waals surface area contributed by atoms with Crippen LogP contribution in [0, 0.1) is 0 Å². The topological polar surface area (TPSA) is 49.3 Å². The summed E-state index contributed by atoms with van der Waals surface area (Å²) in [5, 5.41) is 6.80. The number of pyridine rings is 1. The molecule has 0 bridgehead atoms. The molecular weight excluding hydrogens is 395 g/mol. The fourth-order valence-electron chi connectivity index (χ4n) is 2.34. The summed E-state index contributed by atoms with van der Waals surface area (Å²) in [7, 11) is 1.82. The number of rotatable bonds is 5. The van der Waals surface area contributed by atoms with Crippen molar-refractivity contribution in [2.45, 2.75) is 30.9 Å². The van der Waals surface area contributed by atoms with Crippen LogP contribution < -0.4 is 10.6 Å². The van der Waals surface area contributed by atoms with Gasteiger partial charge in [0.05, 0.1) is 0 Å². The van der Waals surface area contributed by atoms with Crippen molar-refractivity contribution in [2.75, 3.05) is 25.9 Å². The Bertz CT molecular complexity index is 433. The van der Waals surface area contributed by atoms with Gasteiger partial charge < -0.3 is 10.6 Å². The molecule has 0 saturated carbocycles. The molecule has 1 unspecified atom stereocenters. The Morgan fingerprint density at radius 1 is 1.48 bits per heavy atom. The number of nitrogens with zero attached hydrogens (tertiary/aromatic N) is 2. The Balaban J connectivity index is 0.00000220. The van der Waals surface area contributed by atoms with Gasteiger partial charge in [-0.15, -0.1) is 24.0 Å². The first-order chi connectivity index (χ1) is 9.72. The highest BCUT2D eigenvalue weighted by molar-refractivity contribution is 14.0. The van der Waals surface area contributed by atoms with Crippen molar-refractivity contribution in [3.8, 4) is 0 Å². The minimum Gasteiger partial charge on any atom is -0.356 e. The normalized spacial score (nSPS) is 21.7. The molecular formula is C15H25IN4S. The second-order valence-corrected chi connectivity index (χ2v) is 7.05. The number of nitrogens with one attached hydrogen (secondary N) is 2. The number of hydrogen-bond acceptors (Lipinski definition) is 3. The van der Waals surface area contributed by atoms with Crippen LogP contribution in [-0.2, 0) is 6.42 Å². The number of hydrogen-bond donors (Lipinski definition) is 2. The van der Waals surface area contributed by atoms with Crippen molar-refractivity contribution in [1.29, 1.82) is 0 Å². The van der Waals surface area contributed by atoms with Gasteiger partial charge in [-0.2, -0.15) is 11.8 Å². The summed E-state index contributed by atoms with van der Waals surface area (Å²) in [6.45, 7) is 4.18. The maximum atomic E-state index is 4.28. The lowest BCUT2D eigenvalue weighted by Crippen LogP contribution is -2.44. The molecule has 1 aromatic heterocycles. The molecule has 2 rings (SSSR count). The van der Waals surface area contributed by atoms with E-state index >= 15 is 0 Å². The highest BCUT2D eigenvalue weighted by atomic mass is 127. The zero-order valence-corrected chi connectivity index (χ0v) is 15.9. The van der Waals surface area contributed by atoms with Gasteiger partial charge >= 0.3 is 0 Å². The molecule has 1 aromatic rings. The van der Waals surface area contributed by atoms with Crippen LogP contribution in [0.4, 0.5) is 0 Å². The van der Waals surface area contributed by atoms with E-state index in [1.165, 1.54) is 24.2 Å². The van der Waals surface area contributed by atoms with Gasteiger partial charge in [0.2, 0.25) is 0 Å². The molecule has 0 amide bonds. The predicted octanol–water partition coefficient (Wildman–Crippen LogP) is 2.69. The third-order valence-corrected chi connectivity index (χ3v) is 5.12. The summed E-state index contributed by atoms with van der Waals surface area (Å²) in [4.78, 5) is 8.40. The van der Waals surface area contributed by atoms with Crippen LogP contribution in [0.1, 0.15) is 25.3 Å². The lowest BCUT2D eigenvalue weighted by atomic mass is 10.1. The minimum absolute atomic E-state index is 0. The Morgan fingerprint density at radius 2 is 2.33 bits per heavy atom. The number of guanidine groups is 1. The first-order valence-electron chi connectivity index (χ1n) is 7.19. The molecule has 0 aliphatic carbocycles. The smallest absolute Gasteiger partial charge is 0.191 e. The first-order valence-corrected chi connectivity index (χ1v) is 8.18. The molecule has 1 aliphatic rings. The second kappa shape index (κ2) is 9.50. The van der Waals surface area contributed by atoms with E-state index in [9.17, 15) is 0 Å². The van der Waals surface area contributed by atoms with Crippen LogP contribution in [0.25, 0.3) is 0 Å². The van der Waals surface area contributed by atoms with E-state index in [0.717, 1.165) is 25.5 Å². The van der Waals surface area contributed by atoms with Crippen LogP contribution >= 0.6 is 35.7 Å². The molecule has 2 N–H and O–H groups in total. The highest BCUT2D eigenvalue weighted by Gasteiger charge is 2.29. The quantitative estimate of drug-likeness (QED) is 0.437. The monoisotopic (exact) mass is 420 g/mol. The number of halogens is 1. The standard InChI is InChI=1S/C15H24N4S.HI/c1-15(7-4-10-20-15)12-19-14(16-2)18-9-6-13-5-3-8-17-11-13;/h3,5,8,11H,4,6-7,9-10,12H2,1-2H3,(H2,16,18,19);1H. The van der Waals surface area contributed by atoms with Crippen molar-refractivity contribution < 1.29 is 0 Å². The van der Waals surface area contributed by atoms with E-state index in [2.05, 4.69) is 45.4 Å². The second-order valence-electron chi connectivity index (χ2n) is 5.37. The van der Waals surface area contributed by atoms with E-state index in [-0.39, 0.29) is 24.0 Å². The summed E-state index contributed by atoms with van der Waals surface area (Å²) >= 11 is 2.06. The van der Waals surface area contributed by atoms with Crippen molar-refractivity contribution in [2.24, 2.45) is 4.99 Å². The Kier molecular flexibility index (Phi) is 8.39. The summed E-state index contributed by atoms with van der Waals surface area (Å²) < 4.78 is 0.362. The number of aliphatic imine (C=N–C) groups is 1.